The van der Waals surface area contributed by atoms with E-state index < -0.39 is 23.5 Å². The van der Waals surface area contributed by atoms with Crippen LogP contribution in [0.1, 0.15) is 25.2 Å². The Labute approximate surface area is 152 Å². The third kappa shape index (κ3) is 3.25. The van der Waals surface area contributed by atoms with Crippen molar-refractivity contribution >= 4 is 28.6 Å². The predicted molar refractivity (Wildman–Crippen MR) is 96.5 cm³/mol. The van der Waals surface area contributed by atoms with Crippen molar-refractivity contribution in [2.45, 2.75) is 19.4 Å². The zero-order valence-electron chi connectivity index (χ0n) is 13.7. The Hall–Kier alpha value is -2.93. The molecule has 1 atom stereocenters. The molecule has 6 nitrogen and oxygen atoms in total. The van der Waals surface area contributed by atoms with Gasteiger partial charge in [0.15, 0.2) is 0 Å². The second-order valence-electron chi connectivity index (χ2n) is 5.63. The molecule has 2 N–H and O–H groups in total. The molecule has 0 bridgehead atoms. The molecule has 0 aliphatic carbocycles. The van der Waals surface area contributed by atoms with Gasteiger partial charge in [-0.3, -0.25) is 9.36 Å². The van der Waals surface area contributed by atoms with E-state index in [1.54, 1.807) is 31.2 Å². The Morgan fingerprint density at radius 1 is 1.35 bits per heavy atom. The van der Waals surface area contributed by atoms with E-state index in [-0.39, 0.29) is 21.9 Å². The maximum atomic E-state index is 13.7. The van der Waals surface area contributed by atoms with Gasteiger partial charge in [-0.15, -0.1) is 0 Å². The Kier molecular flexibility index (Phi) is 4.90. The summed E-state index contributed by atoms with van der Waals surface area (Å²) in [5, 5.41) is 11.9. The monoisotopic (exact) mass is 375 g/mol. The highest BCUT2D eigenvalue weighted by Gasteiger charge is 2.22. The van der Waals surface area contributed by atoms with E-state index in [2.05, 4.69) is 10.3 Å². The fraction of sp³-hybridized carbons (Fsp3) is 0.167. The van der Waals surface area contributed by atoms with E-state index in [4.69, 9.17) is 16.7 Å². The molecule has 0 saturated carbocycles. The molecule has 1 unspecified atom stereocenters. The zero-order chi connectivity index (χ0) is 18.8. The van der Waals surface area contributed by atoms with Crippen LogP contribution in [-0.4, -0.2) is 20.8 Å². The predicted octanol–water partition coefficient (Wildman–Crippen LogP) is 3.90. The minimum atomic E-state index is -1.25. The van der Waals surface area contributed by atoms with E-state index in [0.717, 1.165) is 0 Å². The third-order valence-electron chi connectivity index (χ3n) is 3.96. The number of hydrogen-bond donors (Lipinski definition) is 2. The van der Waals surface area contributed by atoms with Crippen LogP contribution in [0.3, 0.4) is 0 Å². The summed E-state index contributed by atoms with van der Waals surface area (Å²) in [6.07, 6.45) is -0.900. The molecule has 1 heterocycles. The van der Waals surface area contributed by atoms with Crippen molar-refractivity contribution in [3.05, 3.63) is 69.5 Å². The van der Waals surface area contributed by atoms with Gasteiger partial charge < -0.3 is 10.4 Å². The molecule has 2 aromatic carbocycles. The number of rotatable bonds is 4. The Bertz CT molecular complexity index is 1050. The number of halogens is 2. The van der Waals surface area contributed by atoms with E-state index >= 15 is 0 Å². The number of nitrogens with zero attached hydrogens (tertiary/aromatic N) is 2. The molecule has 3 aromatic rings. The SMILES string of the molecule is CCC(NC(=O)O)c1nc2cccc(Cl)c2c(=O)n1-c1cccc(F)c1. The molecule has 8 heteroatoms. The van der Waals surface area contributed by atoms with E-state index in [1.165, 1.54) is 22.8 Å². The lowest BCUT2D eigenvalue weighted by Gasteiger charge is -2.20. The summed E-state index contributed by atoms with van der Waals surface area (Å²) in [6, 6.07) is 9.52. The largest absolute Gasteiger partial charge is 0.465 e. The van der Waals surface area contributed by atoms with Crippen LogP contribution in [0.15, 0.2) is 47.3 Å². The minimum absolute atomic E-state index is 0.167. The highest BCUT2D eigenvalue weighted by atomic mass is 35.5. The summed E-state index contributed by atoms with van der Waals surface area (Å²) >= 11 is 6.17. The quantitative estimate of drug-likeness (QED) is 0.724. The summed E-state index contributed by atoms with van der Waals surface area (Å²) in [6.45, 7) is 1.75. The number of aromatic nitrogens is 2. The molecule has 1 aromatic heterocycles. The van der Waals surface area contributed by atoms with Crippen LogP contribution in [0.2, 0.25) is 5.02 Å². The topological polar surface area (TPSA) is 84.2 Å². The van der Waals surface area contributed by atoms with Gasteiger partial charge in [-0.1, -0.05) is 30.7 Å². The van der Waals surface area contributed by atoms with Gasteiger partial charge in [-0.05, 0) is 36.8 Å². The van der Waals surface area contributed by atoms with Crippen molar-refractivity contribution < 1.29 is 14.3 Å². The number of nitrogens with one attached hydrogen (secondary N) is 1. The second-order valence-corrected chi connectivity index (χ2v) is 6.04. The van der Waals surface area contributed by atoms with E-state index in [9.17, 15) is 14.0 Å². The number of carboxylic acid groups (broad SMARTS) is 1. The maximum absolute atomic E-state index is 13.7. The van der Waals surface area contributed by atoms with Crippen LogP contribution in [0, 0.1) is 5.82 Å². The molecule has 0 aliphatic rings. The molecule has 1 amide bonds. The highest BCUT2D eigenvalue weighted by Crippen LogP contribution is 2.24. The van der Waals surface area contributed by atoms with Crippen molar-refractivity contribution in [1.29, 1.82) is 0 Å². The fourth-order valence-corrected chi connectivity index (χ4v) is 3.05. The first-order chi connectivity index (χ1) is 12.4. The molecule has 0 radical (unpaired) electrons. The molecule has 26 heavy (non-hydrogen) atoms. The van der Waals surface area contributed by atoms with Gasteiger partial charge in [0.05, 0.1) is 27.7 Å². The first kappa shape index (κ1) is 17.9. The number of benzene rings is 2. The number of hydrogen-bond acceptors (Lipinski definition) is 3. The van der Waals surface area contributed by atoms with Crippen molar-refractivity contribution in [3.8, 4) is 5.69 Å². The second kappa shape index (κ2) is 7.13. The Morgan fingerprint density at radius 3 is 2.73 bits per heavy atom. The molecule has 3 rings (SSSR count). The van der Waals surface area contributed by atoms with Crippen LogP contribution in [0.4, 0.5) is 9.18 Å². The van der Waals surface area contributed by atoms with Gasteiger partial charge in [-0.2, -0.15) is 0 Å². The number of carbonyl (C=O) groups is 1. The van der Waals surface area contributed by atoms with E-state index in [1.807, 2.05) is 0 Å². The molecule has 0 saturated heterocycles. The minimum Gasteiger partial charge on any atom is -0.465 e. The summed E-state index contributed by atoms with van der Waals surface area (Å²) in [4.78, 5) is 28.7. The maximum Gasteiger partial charge on any atom is 0.405 e. The van der Waals surface area contributed by atoms with Crippen molar-refractivity contribution in [2.75, 3.05) is 0 Å². The lowest BCUT2D eigenvalue weighted by molar-refractivity contribution is 0.188. The first-order valence-electron chi connectivity index (χ1n) is 7.89. The summed E-state index contributed by atoms with van der Waals surface area (Å²) in [5.41, 5.74) is 0.0904. The lowest BCUT2D eigenvalue weighted by Crippen LogP contribution is -2.33. The van der Waals surface area contributed by atoms with Gasteiger partial charge in [0.2, 0.25) is 0 Å². The normalized spacial score (nSPS) is 12.1. The van der Waals surface area contributed by atoms with Gasteiger partial charge in [0.25, 0.3) is 5.56 Å². The highest BCUT2D eigenvalue weighted by molar-refractivity contribution is 6.35. The van der Waals surface area contributed by atoms with Crippen LogP contribution < -0.4 is 10.9 Å². The summed E-state index contributed by atoms with van der Waals surface area (Å²) in [7, 11) is 0. The Balaban J connectivity index is 2.39. The molecule has 0 aliphatic heterocycles. The smallest absolute Gasteiger partial charge is 0.405 e. The van der Waals surface area contributed by atoms with Crippen molar-refractivity contribution in [1.82, 2.24) is 14.9 Å². The van der Waals surface area contributed by atoms with Crippen LogP contribution in [-0.2, 0) is 0 Å². The van der Waals surface area contributed by atoms with Crippen LogP contribution in [0.25, 0.3) is 16.6 Å². The van der Waals surface area contributed by atoms with Gasteiger partial charge in [0.1, 0.15) is 11.6 Å². The molecule has 0 fully saturated rings. The molecule has 0 spiro atoms. The average Bonchev–Trinajstić information content (AvgIpc) is 2.59. The fourth-order valence-electron chi connectivity index (χ4n) is 2.80. The average molecular weight is 376 g/mol. The van der Waals surface area contributed by atoms with Crippen LogP contribution in [0.5, 0.6) is 0 Å². The summed E-state index contributed by atoms with van der Waals surface area (Å²) in [5.74, 6) is -0.362. The Morgan fingerprint density at radius 2 is 2.08 bits per heavy atom. The molecular weight excluding hydrogens is 361 g/mol. The van der Waals surface area contributed by atoms with Gasteiger partial charge in [0, 0.05) is 0 Å². The number of fused-ring (bicyclic) bond motifs is 1. The van der Waals surface area contributed by atoms with E-state index in [0.29, 0.717) is 11.9 Å². The zero-order valence-corrected chi connectivity index (χ0v) is 14.5. The number of amides is 1. The molecular formula is C18H15ClFN3O3. The molecule has 134 valence electrons. The van der Waals surface area contributed by atoms with Crippen molar-refractivity contribution in [3.63, 3.8) is 0 Å². The first-order valence-corrected chi connectivity index (χ1v) is 8.26. The van der Waals surface area contributed by atoms with Crippen LogP contribution >= 0.6 is 11.6 Å². The third-order valence-corrected chi connectivity index (χ3v) is 4.27. The summed E-state index contributed by atoms with van der Waals surface area (Å²) < 4.78 is 14.9. The van der Waals surface area contributed by atoms with Gasteiger partial charge in [-0.25, -0.2) is 14.2 Å². The van der Waals surface area contributed by atoms with Crippen molar-refractivity contribution in [2.24, 2.45) is 0 Å². The standard InChI is InChI=1S/C18H15ClFN3O3/c1-2-13(22-18(25)26)16-21-14-8-4-7-12(19)15(14)17(24)23(16)11-6-3-5-10(20)9-11/h3-9,13,22H,2H2,1H3,(H,25,26). The van der Waals surface area contributed by atoms with Gasteiger partial charge >= 0.3 is 6.09 Å². The lowest BCUT2D eigenvalue weighted by atomic mass is 10.1.